The van der Waals surface area contributed by atoms with Gasteiger partial charge in [-0.05, 0) is 78.9 Å². The fourth-order valence-electron chi connectivity index (χ4n) is 7.20. The molecule has 0 aromatic carbocycles. The predicted octanol–water partition coefficient (Wildman–Crippen LogP) is 4.53. The lowest BCUT2D eigenvalue weighted by atomic mass is 9.46. The second-order valence-electron chi connectivity index (χ2n) is 9.96. The number of nitrogens with one attached hydrogen (secondary N) is 1. The summed E-state index contributed by atoms with van der Waals surface area (Å²) in [7, 11) is 0. The zero-order valence-corrected chi connectivity index (χ0v) is 14.9. The van der Waals surface area contributed by atoms with E-state index in [1.54, 1.807) is 0 Å². The van der Waals surface area contributed by atoms with Crippen molar-refractivity contribution in [1.82, 2.24) is 5.32 Å². The molecule has 0 bridgehead atoms. The zero-order chi connectivity index (χ0) is 15.8. The second-order valence-corrected chi connectivity index (χ2v) is 9.96. The molecule has 4 fully saturated rings. The minimum atomic E-state index is 0.295. The van der Waals surface area contributed by atoms with Gasteiger partial charge in [-0.3, -0.25) is 4.79 Å². The maximum atomic E-state index is 11.8. The minimum Gasteiger partial charge on any atom is -0.353 e. The SMILES string of the molecule is CC1(C)CC[C@H]2[C@@H]3CCC4NC(=O)CC[C@]4(C)[C@@H]3CC[C@@]21C. The molecule has 0 radical (unpaired) electrons. The van der Waals surface area contributed by atoms with Crippen molar-refractivity contribution in [3.63, 3.8) is 0 Å². The van der Waals surface area contributed by atoms with Crippen LogP contribution >= 0.6 is 0 Å². The summed E-state index contributed by atoms with van der Waals surface area (Å²) in [6.07, 6.45) is 10.1. The van der Waals surface area contributed by atoms with Crippen LogP contribution in [0.1, 0.15) is 79.1 Å². The lowest BCUT2D eigenvalue weighted by Crippen LogP contribution is -2.61. The summed E-state index contributed by atoms with van der Waals surface area (Å²) >= 11 is 0. The molecule has 1 unspecified atom stereocenters. The van der Waals surface area contributed by atoms with Crippen molar-refractivity contribution in [3.05, 3.63) is 0 Å². The van der Waals surface area contributed by atoms with E-state index in [0.29, 0.717) is 28.2 Å². The summed E-state index contributed by atoms with van der Waals surface area (Å²) < 4.78 is 0. The molecule has 1 saturated heterocycles. The van der Waals surface area contributed by atoms with Crippen LogP contribution in [-0.2, 0) is 4.79 Å². The predicted molar refractivity (Wildman–Crippen MR) is 89.3 cm³/mol. The summed E-state index contributed by atoms with van der Waals surface area (Å²) in [5.74, 6) is 2.98. The standard InChI is InChI=1S/C20H33NO/c1-18(2)10-7-15-13-5-6-16-19(3,11-9-17(22)21-16)14(13)8-12-20(15,18)4/h13-16H,5-12H2,1-4H3,(H,21,22)/t13-,14-,15+,16?,19-,20+/m1/s1. The monoisotopic (exact) mass is 303 g/mol. The second kappa shape index (κ2) is 4.51. The average molecular weight is 303 g/mol. The van der Waals surface area contributed by atoms with Gasteiger partial charge in [-0.2, -0.15) is 0 Å². The van der Waals surface area contributed by atoms with Gasteiger partial charge < -0.3 is 5.32 Å². The highest BCUT2D eigenvalue weighted by atomic mass is 16.1. The van der Waals surface area contributed by atoms with Gasteiger partial charge in [0.2, 0.25) is 5.91 Å². The van der Waals surface area contributed by atoms with E-state index < -0.39 is 0 Å². The third kappa shape index (κ3) is 1.76. The molecule has 2 heteroatoms. The van der Waals surface area contributed by atoms with Gasteiger partial charge in [0.25, 0.3) is 0 Å². The summed E-state index contributed by atoms with van der Waals surface area (Å²) in [5.41, 5.74) is 1.43. The largest absolute Gasteiger partial charge is 0.353 e. The Morgan fingerprint density at radius 1 is 0.909 bits per heavy atom. The molecule has 3 aliphatic carbocycles. The van der Waals surface area contributed by atoms with Crippen molar-refractivity contribution in [2.45, 2.75) is 85.1 Å². The number of piperidine rings is 1. The molecule has 0 aromatic heterocycles. The van der Waals surface area contributed by atoms with E-state index in [-0.39, 0.29) is 0 Å². The van der Waals surface area contributed by atoms with Gasteiger partial charge in [0.15, 0.2) is 0 Å². The van der Waals surface area contributed by atoms with E-state index in [1.807, 2.05) is 0 Å². The molecule has 3 saturated carbocycles. The van der Waals surface area contributed by atoms with Crippen LogP contribution in [0.5, 0.6) is 0 Å². The summed E-state index contributed by atoms with van der Waals surface area (Å²) in [6, 6.07) is 0.453. The summed E-state index contributed by atoms with van der Waals surface area (Å²) in [5, 5.41) is 3.34. The normalized spacial score (nSPS) is 53.2. The highest BCUT2D eigenvalue weighted by Crippen LogP contribution is 2.68. The van der Waals surface area contributed by atoms with Crippen molar-refractivity contribution in [2.75, 3.05) is 0 Å². The molecule has 1 amide bonds. The minimum absolute atomic E-state index is 0.295. The molecule has 0 spiro atoms. The molecule has 1 heterocycles. The molecule has 1 aliphatic heterocycles. The number of hydrogen-bond acceptors (Lipinski definition) is 1. The summed E-state index contributed by atoms with van der Waals surface area (Å²) in [4.78, 5) is 11.8. The van der Waals surface area contributed by atoms with Crippen molar-refractivity contribution >= 4 is 5.91 Å². The van der Waals surface area contributed by atoms with Crippen LogP contribution in [0.15, 0.2) is 0 Å². The van der Waals surface area contributed by atoms with Gasteiger partial charge in [-0.1, -0.05) is 27.7 Å². The van der Waals surface area contributed by atoms with E-state index in [2.05, 4.69) is 33.0 Å². The first-order valence-electron chi connectivity index (χ1n) is 9.57. The van der Waals surface area contributed by atoms with Gasteiger partial charge in [0, 0.05) is 12.5 Å². The third-order valence-corrected chi connectivity index (χ3v) is 9.11. The van der Waals surface area contributed by atoms with Crippen molar-refractivity contribution in [1.29, 1.82) is 0 Å². The number of carbonyl (C=O) groups excluding carboxylic acids is 1. The topological polar surface area (TPSA) is 29.1 Å². The first-order valence-corrected chi connectivity index (χ1v) is 9.57. The average Bonchev–Trinajstić information content (AvgIpc) is 2.70. The Bertz CT molecular complexity index is 498. The van der Waals surface area contributed by atoms with Crippen LogP contribution in [0, 0.1) is 34.0 Å². The van der Waals surface area contributed by atoms with Gasteiger partial charge in [-0.15, -0.1) is 0 Å². The molecular formula is C20H33NO. The van der Waals surface area contributed by atoms with Gasteiger partial charge >= 0.3 is 0 Å². The number of amides is 1. The Balaban J connectivity index is 1.65. The van der Waals surface area contributed by atoms with Crippen LogP contribution < -0.4 is 5.32 Å². The van der Waals surface area contributed by atoms with Crippen molar-refractivity contribution in [3.8, 4) is 0 Å². The Morgan fingerprint density at radius 3 is 2.41 bits per heavy atom. The fourth-order valence-corrected chi connectivity index (χ4v) is 7.20. The number of carbonyl (C=O) groups is 1. The van der Waals surface area contributed by atoms with Gasteiger partial charge in [0.05, 0.1) is 0 Å². The molecule has 1 N–H and O–H groups in total. The molecule has 22 heavy (non-hydrogen) atoms. The van der Waals surface area contributed by atoms with Crippen molar-refractivity contribution < 1.29 is 4.79 Å². The van der Waals surface area contributed by atoms with E-state index in [4.69, 9.17) is 0 Å². The Kier molecular flexibility index (Phi) is 3.08. The maximum absolute atomic E-state index is 11.8. The Hall–Kier alpha value is -0.530. The molecule has 6 atom stereocenters. The Labute approximate surface area is 135 Å². The Morgan fingerprint density at radius 2 is 1.64 bits per heavy atom. The van der Waals surface area contributed by atoms with E-state index in [0.717, 1.165) is 30.6 Å². The van der Waals surface area contributed by atoms with Crippen LogP contribution in [0.25, 0.3) is 0 Å². The molecular weight excluding hydrogens is 270 g/mol. The fraction of sp³-hybridized carbons (Fsp3) is 0.950. The molecule has 0 aromatic rings. The highest BCUT2D eigenvalue weighted by molar-refractivity contribution is 5.77. The number of fused-ring (bicyclic) bond motifs is 5. The van der Waals surface area contributed by atoms with Crippen LogP contribution in [0.2, 0.25) is 0 Å². The summed E-state index contributed by atoms with van der Waals surface area (Å²) in [6.45, 7) is 10.1. The quantitative estimate of drug-likeness (QED) is 0.699. The zero-order valence-electron chi connectivity index (χ0n) is 14.9. The molecule has 124 valence electrons. The number of rotatable bonds is 0. The van der Waals surface area contributed by atoms with Gasteiger partial charge in [-0.25, -0.2) is 0 Å². The van der Waals surface area contributed by atoms with E-state index >= 15 is 0 Å². The molecule has 4 aliphatic rings. The first kappa shape index (κ1) is 15.0. The lowest BCUT2D eigenvalue weighted by molar-refractivity contribution is -0.138. The van der Waals surface area contributed by atoms with Gasteiger partial charge in [0.1, 0.15) is 0 Å². The molecule has 4 rings (SSSR count). The van der Waals surface area contributed by atoms with Crippen LogP contribution in [0.4, 0.5) is 0 Å². The lowest BCUT2D eigenvalue weighted by Gasteiger charge is -2.61. The van der Waals surface area contributed by atoms with Crippen molar-refractivity contribution in [2.24, 2.45) is 34.0 Å². The molecule has 2 nitrogen and oxygen atoms in total. The highest BCUT2D eigenvalue weighted by Gasteiger charge is 2.62. The third-order valence-electron chi connectivity index (χ3n) is 9.11. The smallest absolute Gasteiger partial charge is 0.220 e. The van der Waals surface area contributed by atoms with Crippen LogP contribution in [-0.4, -0.2) is 11.9 Å². The van der Waals surface area contributed by atoms with Crippen LogP contribution in [0.3, 0.4) is 0 Å². The first-order chi connectivity index (χ1) is 10.3. The maximum Gasteiger partial charge on any atom is 0.220 e. The van der Waals surface area contributed by atoms with E-state index in [1.165, 1.54) is 38.5 Å². The number of hydrogen-bond donors (Lipinski definition) is 1. The van der Waals surface area contributed by atoms with E-state index in [9.17, 15) is 4.79 Å².